The van der Waals surface area contributed by atoms with Crippen LogP contribution < -0.4 is 0 Å². The summed E-state index contributed by atoms with van der Waals surface area (Å²) < 4.78 is 0. The van der Waals surface area contributed by atoms with Crippen LogP contribution >= 0.6 is 0 Å². The fourth-order valence-corrected chi connectivity index (χ4v) is 2.29. The first kappa shape index (κ1) is 14.3. The minimum atomic E-state index is -1.04. The Labute approximate surface area is 119 Å². The molecule has 2 rings (SSSR count). The van der Waals surface area contributed by atoms with E-state index in [0.717, 1.165) is 11.1 Å². The third-order valence-corrected chi connectivity index (χ3v) is 3.78. The lowest BCUT2D eigenvalue weighted by Gasteiger charge is -2.35. The number of rotatable bonds is 5. The second-order valence-electron chi connectivity index (χ2n) is 5.09. The molecule has 3 heteroatoms. The number of aliphatic carboxylic acids is 1. The molecule has 0 heterocycles. The molecule has 0 aromatic heterocycles. The molecule has 2 aromatic carbocycles. The van der Waals surface area contributed by atoms with Crippen molar-refractivity contribution in [3.8, 4) is 0 Å². The van der Waals surface area contributed by atoms with Gasteiger partial charge in [-0.25, -0.2) is 4.79 Å². The van der Waals surface area contributed by atoms with Crippen LogP contribution in [-0.4, -0.2) is 23.0 Å². The first-order valence-corrected chi connectivity index (χ1v) is 6.59. The van der Waals surface area contributed by atoms with Gasteiger partial charge in [0, 0.05) is 6.54 Å². The number of carbonyl (C=O) groups is 1. The van der Waals surface area contributed by atoms with E-state index >= 15 is 0 Å². The third kappa shape index (κ3) is 2.73. The summed E-state index contributed by atoms with van der Waals surface area (Å²) in [6.07, 6.45) is 0. The summed E-state index contributed by atoms with van der Waals surface area (Å²) in [5.41, 5.74) is 0.834. The number of carboxylic acids is 1. The molecule has 1 N–H and O–H groups in total. The van der Waals surface area contributed by atoms with Crippen LogP contribution in [0.15, 0.2) is 60.7 Å². The highest BCUT2D eigenvalue weighted by Crippen LogP contribution is 2.28. The van der Waals surface area contributed by atoms with Gasteiger partial charge in [0.2, 0.25) is 0 Å². The van der Waals surface area contributed by atoms with Crippen LogP contribution in [0.4, 0.5) is 0 Å². The van der Waals surface area contributed by atoms with Gasteiger partial charge in [0.1, 0.15) is 5.54 Å². The number of carboxylic acid groups (broad SMARTS) is 1. The molecule has 104 valence electrons. The molecular weight excluding hydrogens is 250 g/mol. The Kier molecular flexibility index (Phi) is 4.20. The Bertz CT molecular complexity index is 568. The molecule has 1 atom stereocenters. The zero-order valence-corrected chi connectivity index (χ0v) is 11.8. The van der Waals surface area contributed by atoms with Crippen molar-refractivity contribution >= 4 is 5.97 Å². The van der Waals surface area contributed by atoms with Gasteiger partial charge >= 0.3 is 5.97 Å². The average Bonchev–Trinajstić information content (AvgIpc) is 2.48. The van der Waals surface area contributed by atoms with Gasteiger partial charge < -0.3 is 5.11 Å². The number of hydrogen-bond acceptors (Lipinski definition) is 2. The summed E-state index contributed by atoms with van der Waals surface area (Å²) in [5, 5.41) is 9.69. The molecule has 0 bridgehead atoms. The predicted octanol–water partition coefficient (Wildman–Crippen LogP) is 3.12. The van der Waals surface area contributed by atoms with Crippen molar-refractivity contribution < 1.29 is 9.90 Å². The fraction of sp³-hybridized carbons (Fsp3) is 0.235. The number of nitrogens with zero attached hydrogens (tertiary/aromatic N) is 1. The van der Waals surface area contributed by atoms with Crippen molar-refractivity contribution in [3.05, 3.63) is 71.8 Å². The monoisotopic (exact) mass is 269 g/mol. The van der Waals surface area contributed by atoms with Crippen LogP contribution in [0.25, 0.3) is 0 Å². The minimum Gasteiger partial charge on any atom is -0.480 e. The van der Waals surface area contributed by atoms with Crippen LogP contribution in [0.5, 0.6) is 0 Å². The van der Waals surface area contributed by atoms with E-state index in [-0.39, 0.29) is 0 Å². The van der Waals surface area contributed by atoms with Gasteiger partial charge in [-0.2, -0.15) is 0 Å². The van der Waals surface area contributed by atoms with Crippen LogP contribution in [-0.2, 0) is 16.9 Å². The number of likely N-dealkylation sites (N-methyl/N-ethyl adjacent to an activating group) is 1. The lowest BCUT2D eigenvalue weighted by atomic mass is 9.90. The average molecular weight is 269 g/mol. The standard InChI is InChI=1S/C17H19NO2/c1-17(16(19)20,15-11-7-4-8-12-15)18(2)13-14-9-5-3-6-10-14/h3-12H,13H2,1-2H3,(H,19,20). The van der Waals surface area contributed by atoms with Crippen LogP contribution in [0, 0.1) is 0 Å². The van der Waals surface area contributed by atoms with Crippen molar-refractivity contribution in [2.75, 3.05) is 7.05 Å². The highest BCUT2D eigenvalue weighted by molar-refractivity contribution is 5.80. The Morgan fingerprint density at radius 3 is 2.05 bits per heavy atom. The molecule has 0 amide bonds. The van der Waals surface area contributed by atoms with E-state index in [1.54, 1.807) is 6.92 Å². The molecule has 0 aliphatic heterocycles. The van der Waals surface area contributed by atoms with E-state index in [1.807, 2.05) is 72.6 Å². The van der Waals surface area contributed by atoms with Gasteiger partial charge in [-0.1, -0.05) is 60.7 Å². The minimum absolute atomic E-state index is 0.582. The highest BCUT2D eigenvalue weighted by Gasteiger charge is 2.39. The van der Waals surface area contributed by atoms with E-state index in [4.69, 9.17) is 0 Å². The van der Waals surface area contributed by atoms with Crippen molar-refractivity contribution in [2.45, 2.75) is 19.0 Å². The third-order valence-electron chi connectivity index (χ3n) is 3.78. The summed E-state index contributed by atoms with van der Waals surface area (Å²) >= 11 is 0. The molecule has 0 fully saturated rings. The maximum Gasteiger partial charge on any atom is 0.328 e. The molecule has 2 aromatic rings. The molecule has 0 saturated heterocycles. The van der Waals surface area contributed by atoms with Crippen molar-refractivity contribution in [3.63, 3.8) is 0 Å². The van der Waals surface area contributed by atoms with E-state index in [2.05, 4.69) is 0 Å². The summed E-state index contributed by atoms with van der Waals surface area (Å²) in [5.74, 6) is -0.845. The second kappa shape index (κ2) is 5.88. The molecular formula is C17H19NO2. The lowest BCUT2D eigenvalue weighted by molar-refractivity contribution is -0.150. The summed E-state index contributed by atoms with van der Waals surface area (Å²) in [4.78, 5) is 13.7. The zero-order chi connectivity index (χ0) is 14.6. The zero-order valence-electron chi connectivity index (χ0n) is 11.8. The van der Waals surface area contributed by atoms with Crippen molar-refractivity contribution in [1.82, 2.24) is 4.90 Å². The van der Waals surface area contributed by atoms with Gasteiger partial charge in [-0.3, -0.25) is 4.90 Å². The van der Waals surface area contributed by atoms with Crippen molar-refractivity contribution in [2.24, 2.45) is 0 Å². The van der Waals surface area contributed by atoms with Crippen molar-refractivity contribution in [1.29, 1.82) is 0 Å². The number of benzene rings is 2. The molecule has 0 radical (unpaired) electrons. The van der Waals surface area contributed by atoms with Crippen LogP contribution in [0.1, 0.15) is 18.1 Å². The molecule has 20 heavy (non-hydrogen) atoms. The van der Waals surface area contributed by atoms with E-state index in [1.165, 1.54) is 0 Å². The Morgan fingerprint density at radius 1 is 1.05 bits per heavy atom. The van der Waals surface area contributed by atoms with Gasteiger partial charge in [0.05, 0.1) is 0 Å². The summed E-state index contributed by atoms with van der Waals surface area (Å²) in [7, 11) is 1.84. The lowest BCUT2D eigenvalue weighted by Crippen LogP contribution is -2.47. The topological polar surface area (TPSA) is 40.5 Å². The molecule has 0 spiro atoms. The smallest absolute Gasteiger partial charge is 0.328 e. The van der Waals surface area contributed by atoms with Gasteiger partial charge in [-0.15, -0.1) is 0 Å². The maximum absolute atomic E-state index is 11.8. The number of hydrogen-bond donors (Lipinski definition) is 1. The van der Waals surface area contributed by atoms with Gasteiger partial charge in [0.15, 0.2) is 0 Å². The van der Waals surface area contributed by atoms with Gasteiger partial charge in [-0.05, 0) is 25.1 Å². The summed E-state index contributed by atoms with van der Waals surface area (Å²) in [6.45, 7) is 2.33. The van der Waals surface area contributed by atoms with E-state index < -0.39 is 11.5 Å². The molecule has 0 saturated carbocycles. The highest BCUT2D eigenvalue weighted by atomic mass is 16.4. The molecule has 3 nitrogen and oxygen atoms in total. The quantitative estimate of drug-likeness (QED) is 0.906. The molecule has 0 aliphatic rings. The summed E-state index contributed by atoms with van der Waals surface area (Å²) in [6, 6.07) is 19.2. The molecule has 0 aliphatic carbocycles. The first-order chi connectivity index (χ1) is 9.55. The first-order valence-electron chi connectivity index (χ1n) is 6.59. The second-order valence-corrected chi connectivity index (χ2v) is 5.09. The van der Waals surface area contributed by atoms with E-state index in [9.17, 15) is 9.90 Å². The maximum atomic E-state index is 11.8. The van der Waals surface area contributed by atoms with Crippen LogP contribution in [0.3, 0.4) is 0 Å². The Hall–Kier alpha value is -2.13. The predicted molar refractivity (Wildman–Crippen MR) is 79.3 cm³/mol. The Balaban J connectivity index is 2.31. The normalized spacial score (nSPS) is 13.9. The Morgan fingerprint density at radius 2 is 1.55 bits per heavy atom. The largest absolute Gasteiger partial charge is 0.480 e. The SMILES string of the molecule is CN(Cc1ccccc1)C(C)(C(=O)O)c1ccccc1. The van der Waals surface area contributed by atoms with Crippen LogP contribution in [0.2, 0.25) is 0 Å². The van der Waals surface area contributed by atoms with E-state index in [0.29, 0.717) is 6.54 Å². The molecule has 1 unspecified atom stereocenters. The fourth-order valence-electron chi connectivity index (χ4n) is 2.29. The van der Waals surface area contributed by atoms with Gasteiger partial charge in [0.25, 0.3) is 0 Å².